The van der Waals surface area contributed by atoms with Gasteiger partial charge in [0, 0.05) is 38.9 Å². The minimum absolute atomic E-state index is 0.0998. The van der Waals surface area contributed by atoms with E-state index in [2.05, 4.69) is 0 Å². The number of nitrogens with zero attached hydrogens (tertiary/aromatic N) is 2. The maximum absolute atomic E-state index is 13.7. The number of hydrogen-bond acceptors (Lipinski definition) is 6. The lowest BCUT2D eigenvalue weighted by Crippen LogP contribution is -2.32. The van der Waals surface area contributed by atoms with Crippen molar-refractivity contribution in [1.29, 1.82) is 0 Å². The number of alkyl halides is 1. The van der Waals surface area contributed by atoms with E-state index in [4.69, 9.17) is 44.5 Å². The van der Waals surface area contributed by atoms with Gasteiger partial charge >= 0.3 is 5.97 Å². The zero-order chi connectivity index (χ0) is 31.4. The Morgan fingerprint density at radius 2 is 1.51 bits per heavy atom. The number of carbonyl (C=O) groups excluding carboxylic acids is 4. The van der Waals surface area contributed by atoms with Crippen molar-refractivity contribution in [2.24, 2.45) is 23.7 Å². The molecule has 5 unspecified atom stereocenters. The lowest BCUT2D eigenvalue weighted by Gasteiger charge is -2.19. The summed E-state index contributed by atoms with van der Waals surface area (Å²) in [6, 6.07) is 20.0. The third-order valence-electron chi connectivity index (χ3n) is 9.38. The summed E-state index contributed by atoms with van der Waals surface area (Å²) >= 11 is 18.3. The summed E-state index contributed by atoms with van der Waals surface area (Å²) in [5, 5.41) is 1.35. The molecule has 1 aromatic heterocycles. The third-order valence-corrected chi connectivity index (χ3v) is 10.1. The predicted octanol–water partition coefficient (Wildman–Crippen LogP) is 7.78. The first-order chi connectivity index (χ1) is 21.7. The first-order valence-electron chi connectivity index (χ1n) is 14.9. The molecule has 3 aliphatic rings. The van der Waals surface area contributed by atoms with Crippen LogP contribution in [-0.4, -0.2) is 40.5 Å². The second-order valence-electron chi connectivity index (χ2n) is 11.9. The molecular weight excluding hydrogens is 635 g/mol. The van der Waals surface area contributed by atoms with Crippen LogP contribution in [-0.2, 0) is 14.3 Å². The Labute approximate surface area is 274 Å². The first kappa shape index (κ1) is 29.9. The molecular formula is C35H27Cl3N2O5. The van der Waals surface area contributed by atoms with E-state index in [0.717, 1.165) is 19.3 Å². The van der Waals surface area contributed by atoms with Gasteiger partial charge in [-0.2, -0.15) is 0 Å². The van der Waals surface area contributed by atoms with Crippen LogP contribution in [0.15, 0.2) is 72.8 Å². The van der Waals surface area contributed by atoms with Crippen LogP contribution in [0.4, 0.5) is 5.69 Å². The molecule has 228 valence electrons. The Bertz CT molecular complexity index is 1830. The molecule has 7 nitrogen and oxygen atoms in total. The van der Waals surface area contributed by atoms with Crippen molar-refractivity contribution in [1.82, 2.24) is 4.98 Å². The van der Waals surface area contributed by atoms with Crippen LogP contribution in [0.3, 0.4) is 0 Å². The molecule has 3 aromatic carbocycles. The summed E-state index contributed by atoms with van der Waals surface area (Å²) in [4.78, 5) is 59.7. The Hall–Kier alpha value is -3.78. The lowest BCUT2D eigenvalue weighted by molar-refractivity contribution is -0.123. The number of carbonyl (C=O) groups is 4. The SMILES string of the molecule is O=C(OC(CCCl)C(=O)c1ccc(Cl)cc1)c1cc(-c2ccc(N3C(=O)C4C5CCC(C5)C4C3=O)cc2)nc2ccc(Cl)cc12. The van der Waals surface area contributed by atoms with Gasteiger partial charge in [-0.3, -0.25) is 19.3 Å². The summed E-state index contributed by atoms with van der Waals surface area (Å²) in [6.07, 6.45) is 2.01. The van der Waals surface area contributed by atoms with Crippen LogP contribution in [0.2, 0.25) is 10.0 Å². The van der Waals surface area contributed by atoms with E-state index in [9.17, 15) is 19.2 Å². The van der Waals surface area contributed by atoms with E-state index in [1.165, 1.54) is 4.90 Å². The maximum atomic E-state index is 13.7. The van der Waals surface area contributed by atoms with Crippen LogP contribution in [0, 0.1) is 23.7 Å². The molecule has 2 aliphatic carbocycles. The van der Waals surface area contributed by atoms with Gasteiger partial charge in [-0.15, -0.1) is 11.6 Å². The Balaban J connectivity index is 1.19. The minimum Gasteiger partial charge on any atom is -0.450 e. The third kappa shape index (κ3) is 5.31. The molecule has 2 heterocycles. The van der Waals surface area contributed by atoms with Crippen molar-refractivity contribution in [3.05, 3.63) is 94.0 Å². The fourth-order valence-electron chi connectivity index (χ4n) is 7.29. The summed E-state index contributed by atoms with van der Waals surface area (Å²) < 4.78 is 5.77. The molecule has 3 fully saturated rings. The largest absolute Gasteiger partial charge is 0.450 e. The van der Waals surface area contributed by atoms with Crippen molar-refractivity contribution in [3.63, 3.8) is 0 Å². The number of aromatic nitrogens is 1. The molecule has 5 atom stereocenters. The fourth-order valence-corrected chi connectivity index (χ4v) is 7.79. The number of benzene rings is 3. The lowest BCUT2D eigenvalue weighted by atomic mass is 9.81. The van der Waals surface area contributed by atoms with E-state index >= 15 is 0 Å². The molecule has 0 radical (unpaired) electrons. The number of hydrogen-bond donors (Lipinski definition) is 0. The number of imide groups is 1. The highest BCUT2D eigenvalue weighted by Gasteiger charge is 2.61. The van der Waals surface area contributed by atoms with Crippen molar-refractivity contribution < 1.29 is 23.9 Å². The summed E-state index contributed by atoms with van der Waals surface area (Å²) in [6.45, 7) is 0. The van der Waals surface area contributed by atoms with Gasteiger partial charge in [-0.05, 0) is 91.8 Å². The number of rotatable bonds is 8. The molecule has 4 aromatic rings. The van der Waals surface area contributed by atoms with Gasteiger partial charge < -0.3 is 4.74 Å². The van der Waals surface area contributed by atoms with Crippen molar-refractivity contribution in [2.45, 2.75) is 31.8 Å². The summed E-state index contributed by atoms with van der Waals surface area (Å²) in [7, 11) is 0. The number of fused-ring (bicyclic) bond motifs is 6. The predicted molar refractivity (Wildman–Crippen MR) is 173 cm³/mol. The number of Topliss-reactive ketones (excluding diaryl/α,β-unsaturated/α-hetero) is 1. The maximum Gasteiger partial charge on any atom is 0.339 e. The van der Waals surface area contributed by atoms with Crippen LogP contribution >= 0.6 is 34.8 Å². The van der Waals surface area contributed by atoms with Gasteiger partial charge in [0.1, 0.15) is 0 Å². The van der Waals surface area contributed by atoms with E-state index in [-0.39, 0.29) is 41.5 Å². The molecule has 1 aliphatic heterocycles. The average Bonchev–Trinajstić information content (AvgIpc) is 3.73. The molecule has 1 saturated heterocycles. The van der Waals surface area contributed by atoms with Crippen LogP contribution < -0.4 is 4.90 Å². The molecule has 2 saturated carbocycles. The van der Waals surface area contributed by atoms with Gasteiger partial charge in [0.2, 0.25) is 17.6 Å². The van der Waals surface area contributed by atoms with E-state index in [1.807, 2.05) is 0 Å². The fraction of sp³-hybridized carbons (Fsp3) is 0.286. The number of ketones is 1. The van der Waals surface area contributed by atoms with Crippen molar-refractivity contribution in [3.8, 4) is 11.3 Å². The van der Waals surface area contributed by atoms with Crippen LogP contribution in [0.25, 0.3) is 22.2 Å². The number of esters is 1. The van der Waals surface area contributed by atoms with E-state index < -0.39 is 17.9 Å². The molecule has 10 heteroatoms. The quantitative estimate of drug-likeness (QED) is 0.0829. The van der Waals surface area contributed by atoms with Crippen LogP contribution in [0.1, 0.15) is 46.4 Å². The zero-order valence-corrected chi connectivity index (χ0v) is 26.2. The molecule has 2 amide bonds. The number of amides is 2. The second kappa shape index (κ2) is 11.9. The zero-order valence-electron chi connectivity index (χ0n) is 23.9. The van der Waals surface area contributed by atoms with Crippen LogP contribution in [0.5, 0.6) is 0 Å². The van der Waals surface area contributed by atoms with Crippen molar-refractivity contribution in [2.75, 3.05) is 10.8 Å². The highest BCUT2D eigenvalue weighted by molar-refractivity contribution is 6.31. The topological polar surface area (TPSA) is 93.6 Å². The van der Waals surface area contributed by atoms with Gasteiger partial charge in [-0.1, -0.05) is 35.3 Å². The highest BCUT2D eigenvalue weighted by atomic mass is 35.5. The molecule has 0 N–H and O–H groups in total. The second-order valence-corrected chi connectivity index (χ2v) is 13.2. The molecule has 7 rings (SSSR count). The van der Waals surface area contributed by atoms with Gasteiger partial charge in [0.25, 0.3) is 0 Å². The first-order valence-corrected chi connectivity index (χ1v) is 16.2. The molecule has 2 bridgehead atoms. The molecule has 0 spiro atoms. The Morgan fingerprint density at radius 1 is 0.867 bits per heavy atom. The van der Waals surface area contributed by atoms with Gasteiger partial charge in [0.15, 0.2) is 6.10 Å². The Morgan fingerprint density at radius 3 is 2.16 bits per heavy atom. The number of ether oxygens (including phenoxy) is 1. The van der Waals surface area contributed by atoms with Crippen molar-refractivity contribution >= 4 is 75.0 Å². The van der Waals surface area contributed by atoms with Gasteiger partial charge in [-0.25, -0.2) is 9.78 Å². The smallest absolute Gasteiger partial charge is 0.339 e. The normalized spacial score (nSPS) is 22.6. The Kier molecular flexibility index (Phi) is 7.88. The summed E-state index contributed by atoms with van der Waals surface area (Å²) in [5.41, 5.74) is 2.68. The minimum atomic E-state index is -1.12. The van der Waals surface area contributed by atoms with E-state index in [0.29, 0.717) is 55.3 Å². The molecule has 45 heavy (non-hydrogen) atoms. The average molecular weight is 662 g/mol. The number of halogens is 3. The standard InChI is InChI=1S/C35H27Cl3N2O5/c36-14-13-29(32(41)19-3-7-22(37)8-4-19)45-35(44)26-17-28(39-27-12-9-23(38)16-25(26)27)18-5-10-24(11-6-18)40-33(42)30-20-1-2-21(15-20)31(30)34(40)43/h3-12,16-17,20-21,29-31H,1-2,13-15H2. The number of pyridine rings is 1. The monoisotopic (exact) mass is 660 g/mol. The van der Waals surface area contributed by atoms with Gasteiger partial charge in [0.05, 0.1) is 34.3 Å². The number of anilines is 1. The summed E-state index contributed by atoms with van der Waals surface area (Å²) in [5.74, 6) is -1.02. The van der Waals surface area contributed by atoms with E-state index in [1.54, 1.807) is 72.8 Å². The highest BCUT2D eigenvalue weighted by Crippen LogP contribution is 2.56.